The molecule has 2 aliphatic rings. The van der Waals surface area contributed by atoms with Crippen LogP contribution in [0.4, 0.5) is 0 Å². The van der Waals surface area contributed by atoms with Crippen LogP contribution >= 0.6 is 23.2 Å². The molecule has 0 unspecified atom stereocenters. The third kappa shape index (κ3) is 10.0. The summed E-state index contributed by atoms with van der Waals surface area (Å²) in [5.41, 5.74) is 0.824. The van der Waals surface area contributed by atoms with E-state index >= 15 is 0 Å². The number of hydrogen-bond donors (Lipinski definition) is 0. The monoisotopic (exact) mass is 608 g/mol. The summed E-state index contributed by atoms with van der Waals surface area (Å²) >= 11 is 12.1. The van der Waals surface area contributed by atoms with Crippen molar-refractivity contribution in [2.45, 2.75) is 52.7 Å². The van der Waals surface area contributed by atoms with Crippen molar-refractivity contribution in [2.75, 3.05) is 0 Å². The van der Waals surface area contributed by atoms with Crippen LogP contribution < -0.4 is 78.8 Å². The molecule has 0 aromatic heterocycles. The van der Waals surface area contributed by atoms with Crippen LogP contribution in [0.1, 0.15) is 61.3 Å². The molecule has 4 atom stereocenters. The number of hydrogen-bond acceptors (Lipinski definition) is 8. The van der Waals surface area contributed by atoms with Gasteiger partial charge >= 0.3 is 59.1 Å². The van der Waals surface area contributed by atoms with Crippen molar-refractivity contribution in [1.82, 2.24) is 0 Å². The van der Waals surface area contributed by atoms with Crippen LogP contribution in [-0.4, -0.2) is 35.7 Å². The van der Waals surface area contributed by atoms with E-state index < -0.39 is 35.6 Å². The molecular formula is C28H28Cl2Na2O8. The van der Waals surface area contributed by atoms with Crippen LogP contribution in [0.25, 0.3) is 0 Å². The van der Waals surface area contributed by atoms with Crippen LogP contribution in [-0.2, 0) is 9.59 Å². The Bertz CT molecular complexity index is 1160. The van der Waals surface area contributed by atoms with Crippen molar-refractivity contribution in [3.63, 3.8) is 0 Å². The first-order valence-corrected chi connectivity index (χ1v) is 13.0. The standard InChI is InChI=1S/2C14H15ClO4.2Na/c2*1-7(2)19-12-4-3-8(5-11(12)15)13(16)9-6-10(9)14(17)18;;/h2*3-5,7,9-10H,6H2,1-2H3,(H,17,18);;/q;;2*+1/p-2/t2*9-,10-;;/m00../s1. The summed E-state index contributed by atoms with van der Waals surface area (Å²) in [5.74, 6) is -3.96. The average molecular weight is 609 g/mol. The third-order valence-electron chi connectivity index (χ3n) is 6.02. The molecule has 2 aromatic rings. The number of carbonyl (C=O) groups is 4. The summed E-state index contributed by atoms with van der Waals surface area (Å²) in [6.07, 6.45) is 0.682. The average Bonchev–Trinajstić information content (AvgIpc) is 3.74. The normalized spacial score (nSPS) is 20.2. The van der Waals surface area contributed by atoms with Gasteiger partial charge in [0.2, 0.25) is 0 Å². The number of ether oxygens (including phenoxy) is 2. The van der Waals surface area contributed by atoms with E-state index in [-0.39, 0.29) is 82.9 Å². The smallest absolute Gasteiger partial charge is 0.550 e. The molecule has 204 valence electrons. The SMILES string of the molecule is CC(C)Oc1ccc(C(=O)[C@H]2C[C@@H]2C(=O)[O-])cc1Cl.CC(C)Oc1ccc(C(=O)[C@H]2C[C@@H]2C(=O)[O-])cc1Cl.[Na+].[Na+]. The Labute approximate surface area is 287 Å². The minimum absolute atomic E-state index is 0. The first-order chi connectivity index (χ1) is 17.8. The number of aliphatic carboxylic acids is 2. The fourth-order valence-corrected chi connectivity index (χ4v) is 4.38. The summed E-state index contributed by atoms with van der Waals surface area (Å²) in [5, 5.41) is 22.0. The number of benzene rings is 2. The molecule has 0 saturated heterocycles. The molecule has 2 saturated carbocycles. The summed E-state index contributed by atoms with van der Waals surface area (Å²) in [6, 6.07) is 9.52. The van der Waals surface area contributed by atoms with Crippen molar-refractivity contribution >= 4 is 46.7 Å². The van der Waals surface area contributed by atoms with Gasteiger partial charge in [0, 0.05) is 46.7 Å². The van der Waals surface area contributed by atoms with Gasteiger partial charge in [-0.25, -0.2) is 0 Å². The summed E-state index contributed by atoms with van der Waals surface area (Å²) in [7, 11) is 0. The first-order valence-electron chi connectivity index (χ1n) is 12.2. The zero-order valence-corrected chi connectivity index (χ0v) is 28.9. The second-order valence-electron chi connectivity index (χ2n) is 9.89. The largest absolute Gasteiger partial charge is 1.00 e. The Kier molecular flexibility index (Phi) is 14.7. The second kappa shape index (κ2) is 15.9. The van der Waals surface area contributed by atoms with Gasteiger partial charge in [-0.3, -0.25) is 9.59 Å². The molecule has 0 N–H and O–H groups in total. The molecule has 12 heteroatoms. The molecule has 0 spiro atoms. The zero-order valence-electron chi connectivity index (χ0n) is 23.4. The number of halogens is 2. The van der Waals surface area contributed by atoms with Crippen molar-refractivity contribution in [3.8, 4) is 11.5 Å². The van der Waals surface area contributed by atoms with E-state index in [4.69, 9.17) is 32.7 Å². The molecule has 2 fully saturated rings. The molecule has 4 rings (SSSR count). The molecule has 40 heavy (non-hydrogen) atoms. The van der Waals surface area contributed by atoms with Crippen molar-refractivity contribution in [2.24, 2.45) is 23.7 Å². The minimum atomic E-state index is -1.16. The molecular weight excluding hydrogens is 581 g/mol. The number of carboxylic acid groups (broad SMARTS) is 2. The molecule has 2 aromatic carbocycles. The van der Waals surface area contributed by atoms with E-state index in [1.165, 1.54) is 12.1 Å². The topological polar surface area (TPSA) is 133 Å². The van der Waals surface area contributed by atoms with Crippen LogP contribution in [0.2, 0.25) is 10.0 Å². The van der Waals surface area contributed by atoms with Crippen LogP contribution in [0.15, 0.2) is 36.4 Å². The van der Waals surface area contributed by atoms with Gasteiger partial charge in [-0.15, -0.1) is 0 Å². The fourth-order valence-electron chi connectivity index (χ4n) is 3.93. The predicted octanol–water partition coefficient (Wildman–Crippen LogP) is -2.60. The molecule has 0 bridgehead atoms. The summed E-state index contributed by atoms with van der Waals surface area (Å²) in [4.78, 5) is 45.3. The van der Waals surface area contributed by atoms with E-state index in [0.29, 0.717) is 45.5 Å². The van der Waals surface area contributed by atoms with Crippen LogP contribution in [0.3, 0.4) is 0 Å². The summed E-state index contributed by atoms with van der Waals surface area (Å²) < 4.78 is 10.9. The van der Waals surface area contributed by atoms with Gasteiger partial charge in [0.1, 0.15) is 11.5 Å². The quantitative estimate of drug-likeness (QED) is 0.212. The molecule has 2 aliphatic carbocycles. The number of carboxylic acids is 2. The Balaban J connectivity index is 0.000000381. The molecule has 8 nitrogen and oxygen atoms in total. The number of carbonyl (C=O) groups excluding carboxylic acids is 4. The van der Waals surface area contributed by atoms with Crippen molar-refractivity contribution < 1.29 is 98.0 Å². The third-order valence-corrected chi connectivity index (χ3v) is 6.61. The summed E-state index contributed by atoms with van der Waals surface area (Å²) in [6.45, 7) is 7.52. The molecule has 0 aliphatic heterocycles. The van der Waals surface area contributed by atoms with E-state index in [1.807, 2.05) is 27.7 Å². The number of rotatable bonds is 10. The maximum absolute atomic E-state index is 12.0. The van der Waals surface area contributed by atoms with Gasteiger partial charge < -0.3 is 29.3 Å². The van der Waals surface area contributed by atoms with Gasteiger partial charge in [-0.05, 0) is 76.9 Å². The molecule has 0 heterocycles. The van der Waals surface area contributed by atoms with E-state index in [0.717, 1.165) is 0 Å². The van der Waals surface area contributed by atoms with Crippen molar-refractivity contribution in [1.29, 1.82) is 0 Å². The van der Waals surface area contributed by atoms with E-state index in [2.05, 4.69) is 0 Å². The zero-order chi connectivity index (χ0) is 28.3. The number of Topliss-reactive ketones (excluding diaryl/α,β-unsaturated/α-hetero) is 2. The Morgan fingerprint density at radius 2 is 1.00 bits per heavy atom. The van der Waals surface area contributed by atoms with Gasteiger partial charge in [-0.2, -0.15) is 0 Å². The van der Waals surface area contributed by atoms with Crippen molar-refractivity contribution in [3.05, 3.63) is 57.6 Å². The molecule has 0 radical (unpaired) electrons. The maximum atomic E-state index is 12.0. The fraction of sp³-hybridized carbons (Fsp3) is 0.429. The predicted molar refractivity (Wildman–Crippen MR) is 136 cm³/mol. The van der Waals surface area contributed by atoms with Gasteiger partial charge in [0.25, 0.3) is 0 Å². The van der Waals surface area contributed by atoms with Gasteiger partial charge in [0.05, 0.1) is 22.3 Å². The minimum Gasteiger partial charge on any atom is -0.550 e. The second-order valence-corrected chi connectivity index (χ2v) is 10.7. The molecule has 0 amide bonds. The van der Waals surface area contributed by atoms with Crippen LogP contribution in [0.5, 0.6) is 11.5 Å². The Morgan fingerprint density at radius 1 is 0.675 bits per heavy atom. The van der Waals surface area contributed by atoms with Gasteiger partial charge in [-0.1, -0.05) is 23.2 Å². The van der Waals surface area contributed by atoms with E-state index in [1.54, 1.807) is 24.3 Å². The maximum Gasteiger partial charge on any atom is 1.00 e. The van der Waals surface area contributed by atoms with E-state index in [9.17, 15) is 29.4 Å². The Hall–Kier alpha value is -1.10. The first kappa shape index (κ1) is 36.9. The van der Waals surface area contributed by atoms with Gasteiger partial charge in [0.15, 0.2) is 11.6 Å². The Morgan fingerprint density at radius 3 is 1.23 bits per heavy atom. The number of ketones is 2. The van der Waals surface area contributed by atoms with Crippen LogP contribution in [0, 0.1) is 23.7 Å².